The molecular weight excluding hydrogens is 1810 g/mol. The Morgan fingerprint density at radius 1 is 0.409 bits per heavy atom. The minimum Gasteiger partial charge on any atom is -0.462 e. The van der Waals surface area contributed by atoms with Gasteiger partial charge in [-0.25, -0.2) is 0 Å². The van der Waals surface area contributed by atoms with Gasteiger partial charge in [0, 0.05) is 39.5 Å². The largest absolute Gasteiger partial charge is 0.462 e. The van der Waals surface area contributed by atoms with Gasteiger partial charge in [0.1, 0.15) is 12.2 Å². The Morgan fingerprint density at radius 2 is 0.709 bits per heavy atom. The number of hydrogen-bond acceptors (Lipinski definition) is 8. The standard InChI is InChI=1S/C27H37IO4.C25H37I.2C23H33IO2/c1-17(12-14-28)24-10-11-25-21(7-6-13-27(24,25)5)8-9-22-15-23(31-19(3)29)16-26(18(22)2)32-20(4)30;1-17-15-19(3)20(4)22(16-17)9-8-21-7-6-13-25(5)23(10-11-24(21)25)18(2)12-14-26;2*1-15(10-12-24)20-8-9-21-17(5-4-11-23(20,21)3)6-7-18-13-19(25)14-22(26)16(18)2/h8-9,12,14,17,23-26H,2,6-7,10-11,13,15-16H2,1,3-5H3;8-9,12,14,17-19,23-24H,4,6-7,10-11,13,15-16H2,1-3,5H3;2*6-7,10,12,15,19-22,25-26H,2,4-5,8-9,11,13-14H2,1,3H3/b14-12+,21-8+,22-9+;14-12+,21-8+,22-9-;12-10+,17-6+,18-7+;12-10+,17-6+,18-7-/t17-,23-,24-,25+,26+,27-;17-,18+,19-,23+,24-,25+;2*15-,19-,20-,21+,22+,23-/m1011/s1. The predicted molar refractivity (Wildman–Crippen MR) is 494 cm³/mol. The van der Waals surface area contributed by atoms with Gasteiger partial charge in [0.15, 0.2) is 0 Å². The van der Waals surface area contributed by atoms with Crippen LogP contribution in [-0.4, -0.2) is 69.0 Å². The van der Waals surface area contributed by atoms with Crippen LogP contribution in [0.15, 0.2) is 182 Å². The van der Waals surface area contributed by atoms with Crippen molar-refractivity contribution in [1.82, 2.24) is 0 Å². The molecule has 0 unspecified atom stereocenters. The molecular formula is C98H140I4O8. The second-order valence-corrected chi connectivity index (χ2v) is 40.2. The van der Waals surface area contributed by atoms with E-state index in [0.29, 0.717) is 108 Å². The van der Waals surface area contributed by atoms with Crippen molar-refractivity contribution in [3.05, 3.63) is 182 Å². The van der Waals surface area contributed by atoms with Crippen LogP contribution >= 0.6 is 90.4 Å². The Bertz CT molecular complexity index is 3400. The quantitative estimate of drug-likeness (QED) is 0.0998. The monoisotopic (exact) mass is 1950 g/mol. The molecule has 0 saturated heterocycles. The molecule has 0 aromatic carbocycles. The average molecular weight is 1950 g/mol. The van der Waals surface area contributed by atoms with Crippen LogP contribution in [0.25, 0.3) is 0 Å². The zero-order valence-corrected chi connectivity index (χ0v) is 78.0. The number of carbonyl (C=O) groups is 2. The Kier molecular flexibility index (Phi) is 34.3. The van der Waals surface area contributed by atoms with E-state index in [1.165, 1.54) is 165 Å². The van der Waals surface area contributed by atoms with Gasteiger partial charge >= 0.3 is 11.9 Å². The SMILES string of the molecule is C=C1/C(=C/C=C2\CCC[C@]3(C)[C@@H]([C@H](C)/C=C/I)CC[C@@H]23)C[C@@H](O)C[C@@H]1O.C=C1/C(=C/C=C2\CCC[C@]3(C)[C@@H]([C@H](C)/C=C/I)CC[C@@H]23)C[C@@H](OC(C)=O)C[C@@H]1OC(C)=O.C=C1/C(=C\C=C2/CCC[C@]3(C)[C@@H]([C@H](C)/C=C/I)CC[C@@H]23)C[C@@H](C)C[C@@H]1C.C=C1/C(=C\C=C2/CCC[C@]3(C)[C@@H]([C@H](C)/C=C/I)CC[C@@H]23)C[C@@H](O)C[C@@H]1O. The maximum absolute atomic E-state index is 11.6. The maximum Gasteiger partial charge on any atom is 0.303 e. The lowest BCUT2D eigenvalue weighted by Crippen LogP contribution is -2.35. The van der Waals surface area contributed by atoms with E-state index in [1.54, 1.807) is 16.7 Å². The molecule has 12 fully saturated rings. The van der Waals surface area contributed by atoms with Crippen molar-refractivity contribution in [3.8, 4) is 0 Å². The number of fused-ring (bicyclic) bond motifs is 4. The fourth-order valence-corrected chi connectivity index (χ4v) is 27.2. The van der Waals surface area contributed by atoms with Crippen LogP contribution < -0.4 is 0 Å². The van der Waals surface area contributed by atoms with Gasteiger partial charge in [0.25, 0.3) is 0 Å². The molecule has 12 rings (SSSR count). The summed E-state index contributed by atoms with van der Waals surface area (Å²) in [6.07, 6.45) is 56.5. The van der Waals surface area contributed by atoms with Gasteiger partial charge in [-0.3, -0.25) is 9.59 Å². The molecule has 0 amide bonds. The van der Waals surface area contributed by atoms with E-state index in [4.69, 9.17) is 9.47 Å². The van der Waals surface area contributed by atoms with Crippen LogP contribution in [0.5, 0.6) is 0 Å². The molecule has 0 aromatic heterocycles. The van der Waals surface area contributed by atoms with Crippen molar-refractivity contribution in [1.29, 1.82) is 0 Å². The number of aliphatic hydroxyl groups excluding tert-OH is 4. The second-order valence-electron chi connectivity index (χ2n) is 37.4. The molecule has 12 aliphatic rings. The molecule has 608 valence electrons. The number of ether oxygens (including phenoxy) is 2. The van der Waals surface area contributed by atoms with Crippen LogP contribution in [0.2, 0.25) is 0 Å². The van der Waals surface area contributed by atoms with Crippen molar-refractivity contribution in [3.63, 3.8) is 0 Å². The van der Waals surface area contributed by atoms with Gasteiger partial charge < -0.3 is 29.9 Å². The summed E-state index contributed by atoms with van der Waals surface area (Å²) in [6.45, 7) is 44.0. The third-order valence-electron chi connectivity index (χ3n) is 30.4. The van der Waals surface area contributed by atoms with E-state index >= 15 is 0 Å². The second kappa shape index (κ2) is 41.3. The van der Waals surface area contributed by atoms with Crippen molar-refractivity contribution in [2.75, 3.05) is 0 Å². The van der Waals surface area contributed by atoms with Gasteiger partial charge in [-0.1, -0.05) is 281 Å². The third kappa shape index (κ3) is 21.9. The van der Waals surface area contributed by atoms with Gasteiger partial charge in [0.05, 0.1) is 24.4 Å². The maximum atomic E-state index is 11.6. The molecule has 12 aliphatic carbocycles. The zero-order valence-electron chi connectivity index (χ0n) is 69.3. The van der Waals surface area contributed by atoms with E-state index in [0.717, 1.165) is 75.4 Å². The predicted octanol–water partition coefficient (Wildman–Crippen LogP) is 26.5. The minimum atomic E-state index is -0.600. The van der Waals surface area contributed by atoms with Crippen LogP contribution in [0.4, 0.5) is 0 Å². The lowest BCUT2D eigenvalue weighted by molar-refractivity contribution is -0.152. The zero-order chi connectivity index (χ0) is 80.2. The average Bonchev–Trinajstić information content (AvgIpc) is 1.62. The summed E-state index contributed by atoms with van der Waals surface area (Å²) >= 11 is 9.39. The number of halogens is 4. The lowest BCUT2D eigenvalue weighted by atomic mass is 9.61. The fourth-order valence-electron chi connectivity index (χ4n) is 24.6. The summed E-state index contributed by atoms with van der Waals surface area (Å²) in [6, 6.07) is 0. The van der Waals surface area contributed by atoms with Crippen molar-refractivity contribution in [2.24, 2.45) is 105 Å². The van der Waals surface area contributed by atoms with E-state index in [9.17, 15) is 30.0 Å². The topological polar surface area (TPSA) is 134 Å². The highest BCUT2D eigenvalue weighted by Gasteiger charge is 2.54. The summed E-state index contributed by atoms with van der Waals surface area (Å²) in [5.41, 5.74) is 16.4. The highest BCUT2D eigenvalue weighted by atomic mass is 127. The first-order valence-corrected chi connectivity index (χ1v) is 47.7. The smallest absolute Gasteiger partial charge is 0.303 e. The van der Waals surface area contributed by atoms with Crippen molar-refractivity contribution >= 4 is 102 Å². The van der Waals surface area contributed by atoms with E-state index in [-0.39, 0.29) is 18.0 Å². The fraction of sp³-hybridized carbons (Fsp3) is 0.653. The number of hydrogen-bond donors (Lipinski definition) is 4. The lowest BCUT2D eigenvalue weighted by Gasteiger charge is -2.44. The molecule has 110 heavy (non-hydrogen) atoms. The van der Waals surface area contributed by atoms with Crippen LogP contribution in [-0.2, 0) is 19.1 Å². The Hall–Kier alpha value is -2.46. The molecule has 4 N–H and O–H groups in total. The minimum absolute atomic E-state index is 0.291. The summed E-state index contributed by atoms with van der Waals surface area (Å²) in [7, 11) is 0. The highest BCUT2D eigenvalue weighted by molar-refractivity contribution is 14.1. The molecule has 0 heterocycles. The van der Waals surface area contributed by atoms with E-state index in [1.807, 2.05) is 0 Å². The van der Waals surface area contributed by atoms with Crippen molar-refractivity contribution < 1.29 is 39.5 Å². The molecule has 24 atom stereocenters. The molecule has 0 bridgehead atoms. The highest BCUT2D eigenvalue weighted by Crippen LogP contribution is 2.64. The molecule has 0 spiro atoms. The first-order chi connectivity index (χ1) is 52.2. The first kappa shape index (κ1) is 91.4. The van der Waals surface area contributed by atoms with Crippen LogP contribution in [0, 0.1) is 105 Å². The number of esters is 2. The summed E-state index contributed by atoms with van der Waals surface area (Å²) in [5.74, 6) is 9.27. The third-order valence-corrected chi connectivity index (χ3v) is 32.1. The van der Waals surface area contributed by atoms with Gasteiger partial charge in [-0.2, -0.15) is 0 Å². The molecule has 12 heteroatoms. The number of aliphatic hydroxyl groups is 4. The molecule has 0 radical (unpaired) electrons. The Labute approximate surface area is 721 Å². The number of allylic oxidation sites excluding steroid dienone is 18. The van der Waals surface area contributed by atoms with Crippen molar-refractivity contribution in [2.45, 2.75) is 299 Å². The van der Waals surface area contributed by atoms with Gasteiger partial charge in [0.2, 0.25) is 0 Å². The Morgan fingerprint density at radius 3 is 1.01 bits per heavy atom. The van der Waals surface area contributed by atoms with Crippen LogP contribution in [0.3, 0.4) is 0 Å². The Balaban J connectivity index is 0.000000169. The van der Waals surface area contributed by atoms with Gasteiger partial charge in [-0.15, -0.1) is 0 Å². The molecule has 8 nitrogen and oxygen atoms in total. The van der Waals surface area contributed by atoms with E-state index in [2.05, 4.69) is 275 Å². The van der Waals surface area contributed by atoms with Gasteiger partial charge in [-0.05, 0) is 320 Å². The molecule has 0 aliphatic heterocycles. The summed E-state index contributed by atoms with van der Waals surface area (Å²) < 4.78 is 19.7. The summed E-state index contributed by atoms with van der Waals surface area (Å²) in [5, 5.41) is 40.1. The van der Waals surface area contributed by atoms with E-state index < -0.39 is 30.5 Å². The number of rotatable bonds is 14. The molecule has 12 saturated carbocycles. The first-order valence-electron chi connectivity index (χ1n) is 42.7. The normalized spacial score (nSPS) is 40.8. The summed E-state index contributed by atoms with van der Waals surface area (Å²) in [4.78, 5) is 23.1. The molecule has 0 aromatic rings. The van der Waals surface area contributed by atoms with Crippen LogP contribution in [0.1, 0.15) is 263 Å². The number of carbonyl (C=O) groups excluding carboxylic acids is 2.